The molecule has 0 aliphatic heterocycles. The molecule has 2 aromatic heterocycles. The molecule has 5 nitrogen and oxygen atoms in total. The van der Waals surface area contributed by atoms with Crippen LogP contribution < -0.4 is 10.6 Å². The minimum atomic E-state index is -1.64. The lowest BCUT2D eigenvalue weighted by atomic mass is 9.79. The van der Waals surface area contributed by atoms with Gasteiger partial charge in [0.05, 0.1) is 17.0 Å². The van der Waals surface area contributed by atoms with E-state index in [1.165, 1.54) is 0 Å². The SMILES string of the molecule is OB(O)C1=c2oc3c(-c4nc(/C5=C/C=C\C/C=C\C5)cc(-c5ccccc5)n4)cccc3c2=CCC=C1. The third kappa shape index (κ3) is 4.53. The Hall–Kier alpha value is -4.26. The maximum Gasteiger partial charge on any atom is 0.492 e. The Morgan fingerprint density at radius 2 is 1.70 bits per heavy atom. The van der Waals surface area contributed by atoms with E-state index in [1.54, 1.807) is 6.08 Å². The number of rotatable bonds is 4. The first-order chi connectivity index (χ1) is 18.2. The van der Waals surface area contributed by atoms with Crippen LogP contribution in [0.25, 0.3) is 50.7 Å². The van der Waals surface area contributed by atoms with Crippen molar-refractivity contribution in [2.75, 3.05) is 0 Å². The lowest BCUT2D eigenvalue weighted by Gasteiger charge is -2.11. The molecular weight excluding hydrogens is 459 g/mol. The first-order valence-corrected chi connectivity index (χ1v) is 12.4. The van der Waals surface area contributed by atoms with Crippen LogP contribution in [0.3, 0.4) is 0 Å². The van der Waals surface area contributed by atoms with Crippen LogP contribution in [0, 0.1) is 0 Å². The highest BCUT2D eigenvalue weighted by molar-refractivity contribution is 6.64. The van der Waals surface area contributed by atoms with Crippen molar-refractivity contribution in [1.29, 1.82) is 0 Å². The third-order valence-electron chi connectivity index (χ3n) is 6.63. The van der Waals surface area contributed by atoms with E-state index in [0.717, 1.165) is 51.5 Å². The van der Waals surface area contributed by atoms with Crippen LogP contribution in [0.5, 0.6) is 0 Å². The molecule has 0 fully saturated rings. The molecule has 0 unspecified atom stereocenters. The topological polar surface area (TPSA) is 79.4 Å². The van der Waals surface area contributed by atoms with Gasteiger partial charge in [-0.1, -0.05) is 91.1 Å². The Bertz CT molecular complexity index is 1730. The highest BCUT2D eigenvalue weighted by atomic mass is 16.4. The van der Waals surface area contributed by atoms with Crippen LogP contribution in [0.4, 0.5) is 0 Å². The third-order valence-corrected chi connectivity index (χ3v) is 6.63. The summed E-state index contributed by atoms with van der Waals surface area (Å²) in [4.78, 5) is 9.99. The van der Waals surface area contributed by atoms with Crippen molar-refractivity contribution in [1.82, 2.24) is 9.97 Å². The fourth-order valence-electron chi connectivity index (χ4n) is 4.79. The number of benzene rings is 2. The van der Waals surface area contributed by atoms with Crippen LogP contribution in [-0.4, -0.2) is 27.1 Å². The molecule has 2 heterocycles. The van der Waals surface area contributed by atoms with Gasteiger partial charge in [0.15, 0.2) is 5.82 Å². The zero-order chi connectivity index (χ0) is 25.2. The molecule has 2 aliphatic rings. The monoisotopic (exact) mass is 484 g/mol. The van der Waals surface area contributed by atoms with Crippen molar-refractivity contribution < 1.29 is 14.5 Å². The molecule has 0 bridgehead atoms. The molecule has 180 valence electrons. The molecule has 6 rings (SSSR count). The number of hydrogen-bond acceptors (Lipinski definition) is 5. The van der Waals surface area contributed by atoms with Gasteiger partial charge in [-0.05, 0) is 37.0 Å². The number of allylic oxidation sites excluding steroid dienone is 8. The van der Waals surface area contributed by atoms with Crippen LogP contribution >= 0.6 is 0 Å². The van der Waals surface area contributed by atoms with Gasteiger partial charge in [0, 0.05) is 21.6 Å². The summed E-state index contributed by atoms with van der Waals surface area (Å²) in [6, 6.07) is 18.0. The quantitative estimate of drug-likeness (QED) is 0.323. The van der Waals surface area contributed by atoms with E-state index in [0.29, 0.717) is 28.7 Å². The number of para-hydroxylation sites is 1. The molecule has 0 saturated heterocycles. The molecule has 2 aromatic carbocycles. The summed E-state index contributed by atoms with van der Waals surface area (Å²) in [6.45, 7) is 0. The van der Waals surface area contributed by atoms with Crippen molar-refractivity contribution in [3.05, 3.63) is 113 Å². The molecule has 2 aliphatic carbocycles. The van der Waals surface area contributed by atoms with Crippen LogP contribution in [0.1, 0.15) is 25.0 Å². The summed E-state index contributed by atoms with van der Waals surface area (Å²) in [7, 11) is -1.64. The van der Waals surface area contributed by atoms with E-state index >= 15 is 0 Å². The van der Waals surface area contributed by atoms with Gasteiger partial charge in [-0.3, -0.25) is 0 Å². The van der Waals surface area contributed by atoms with Gasteiger partial charge in [0.2, 0.25) is 0 Å². The number of fused-ring (bicyclic) bond motifs is 3. The van der Waals surface area contributed by atoms with Crippen molar-refractivity contribution in [3.8, 4) is 22.6 Å². The van der Waals surface area contributed by atoms with E-state index in [2.05, 4.69) is 30.4 Å². The highest BCUT2D eigenvalue weighted by Crippen LogP contribution is 2.30. The molecule has 2 N–H and O–H groups in total. The van der Waals surface area contributed by atoms with Gasteiger partial charge in [-0.15, -0.1) is 0 Å². The molecule has 0 saturated carbocycles. The smallest absolute Gasteiger partial charge is 0.456 e. The first-order valence-electron chi connectivity index (χ1n) is 12.4. The van der Waals surface area contributed by atoms with Gasteiger partial charge >= 0.3 is 7.12 Å². The lowest BCUT2D eigenvalue weighted by molar-refractivity contribution is 0.425. The number of nitrogens with zero attached hydrogens (tertiary/aromatic N) is 2. The average Bonchev–Trinajstić information content (AvgIpc) is 3.13. The summed E-state index contributed by atoms with van der Waals surface area (Å²) < 4.78 is 6.34. The summed E-state index contributed by atoms with van der Waals surface area (Å²) in [5, 5.41) is 21.7. The minimum absolute atomic E-state index is 0.337. The zero-order valence-corrected chi connectivity index (χ0v) is 20.2. The van der Waals surface area contributed by atoms with Crippen molar-refractivity contribution in [2.45, 2.75) is 19.3 Å². The van der Waals surface area contributed by atoms with Gasteiger partial charge in [0.25, 0.3) is 0 Å². The molecule has 0 atom stereocenters. The van der Waals surface area contributed by atoms with Crippen molar-refractivity contribution in [3.63, 3.8) is 0 Å². The fourth-order valence-corrected chi connectivity index (χ4v) is 4.79. The number of hydrogen-bond donors (Lipinski definition) is 2. The summed E-state index contributed by atoms with van der Waals surface area (Å²) >= 11 is 0. The largest absolute Gasteiger partial charge is 0.492 e. The second kappa shape index (κ2) is 10.0. The maximum absolute atomic E-state index is 10.00. The van der Waals surface area contributed by atoms with E-state index in [1.807, 2.05) is 66.7 Å². The molecular formula is C31H25BN2O3. The highest BCUT2D eigenvalue weighted by Gasteiger charge is 2.21. The maximum atomic E-state index is 10.00. The first kappa shape index (κ1) is 23.2. The molecule has 0 amide bonds. The predicted molar refractivity (Wildman–Crippen MR) is 149 cm³/mol. The minimum Gasteiger partial charge on any atom is -0.456 e. The van der Waals surface area contributed by atoms with Gasteiger partial charge in [-0.2, -0.15) is 0 Å². The van der Waals surface area contributed by atoms with E-state index < -0.39 is 7.12 Å². The Kier molecular flexibility index (Phi) is 6.27. The van der Waals surface area contributed by atoms with Crippen molar-refractivity contribution in [2.24, 2.45) is 0 Å². The lowest BCUT2D eigenvalue weighted by Crippen LogP contribution is -2.29. The predicted octanol–water partition coefficient (Wildman–Crippen LogP) is 4.75. The Morgan fingerprint density at radius 1 is 0.838 bits per heavy atom. The van der Waals surface area contributed by atoms with Crippen LogP contribution in [0.15, 0.2) is 102 Å². The van der Waals surface area contributed by atoms with Gasteiger partial charge < -0.3 is 14.5 Å². The molecule has 0 radical (unpaired) electrons. The Labute approximate surface area is 215 Å². The normalized spacial score (nSPS) is 18.1. The van der Waals surface area contributed by atoms with Crippen LogP contribution in [0.2, 0.25) is 0 Å². The summed E-state index contributed by atoms with van der Waals surface area (Å²) in [5.74, 6) is 0.559. The second-order valence-corrected chi connectivity index (χ2v) is 9.06. The molecule has 6 heteroatoms. The zero-order valence-electron chi connectivity index (χ0n) is 20.2. The van der Waals surface area contributed by atoms with E-state index in [9.17, 15) is 10.0 Å². The number of aromatic nitrogens is 2. The standard InChI is InChI=1S/C31H25BN2O3/c35-32(36)26-19-10-9-16-24-23-17-11-18-25(29(23)37-30(24)26)31-33-27(21-12-5-2-1-3-6-13-21)20-28(34-31)22-14-7-4-8-15-22/h2-8,10-12,14-20,35-36H,1,9,13H2/b5-2-,6-3-,21-12+. The fraction of sp³-hybridized carbons (Fsp3) is 0.0968. The van der Waals surface area contributed by atoms with E-state index in [-0.39, 0.29) is 0 Å². The second-order valence-electron chi connectivity index (χ2n) is 9.06. The average molecular weight is 484 g/mol. The van der Waals surface area contributed by atoms with Gasteiger partial charge in [-0.25, -0.2) is 9.97 Å². The van der Waals surface area contributed by atoms with Crippen molar-refractivity contribution >= 4 is 35.2 Å². The van der Waals surface area contributed by atoms with E-state index in [4.69, 9.17) is 14.4 Å². The summed E-state index contributed by atoms with van der Waals surface area (Å²) in [5.41, 5.74) is 5.98. The molecule has 0 spiro atoms. The number of furan rings is 1. The molecule has 4 aromatic rings. The molecule has 37 heavy (non-hydrogen) atoms. The van der Waals surface area contributed by atoms with Gasteiger partial charge in [0.1, 0.15) is 11.0 Å². The Morgan fingerprint density at radius 3 is 2.57 bits per heavy atom. The summed E-state index contributed by atoms with van der Waals surface area (Å²) in [6.07, 6.45) is 18.7. The van der Waals surface area contributed by atoms with Crippen LogP contribution in [-0.2, 0) is 0 Å². The Balaban J connectivity index is 1.62.